The third-order valence-electron chi connectivity index (χ3n) is 4.75. The molecule has 0 radical (unpaired) electrons. The summed E-state index contributed by atoms with van der Waals surface area (Å²) in [7, 11) is 0. The van der Waals surface area contributed by atoms with Gasteiger partial charge >= 0.3 is 0 Å². The van der Waals surface area contributed by atoms with Gasteiger partial charge in [-0.15, -0.1) is 24.8 Å². The zero-order valence-corrected chi connectivity index (χ0v) is 15.5. The van der Waals surface area contributed by atoms with Crippen LogP contribution in [0.1, 0.15) is 30.4 Å². The summed E-state index contributed by atoms with van der Waals surface area (Å²) in [4.78, 5) is 14.5. The minimum atomic E-state index is -0.626. The van der Waals surface area contributed by atoms with Gasteiger partial charge in [0.2, 0.25) is 5.91 Å². The molecule has 1 amide bonds. The summed E-state index contributed by atoms with van der Waals surface area (Å²) in [6.45, 7) is 4.99. The molecule has 0 atom stereocenters. The fraction of sp³-hybridized carbons (Fsp3) is 0.588. The number of rotatable bonds is 5. The third-order valence-corrected chi connectivity index (χ3v) is 4.75. The Balaban J connectivity index is 0.00000144. The van der Waals surface area contributed by atoms with Crippen LogP contribution in [0.2, 0.25) is 0 Å². The monoisotopic (exact) mass is 375 g/mol. The number of ether oxygens (including phenoxy) is 1. The van der Waals surface area contributed by atoms with Crippen molar-refractivity contribution in [2.45, 2.75) is 37.9 Å². The molecule has 0 bridgehead atoms. The summed E-state index contributed by atoms with van der Waals surface area (Å²) in [6.07, 6.45) is 2.65. The van der Waals surface area contributed by atoms with Gasteiger partial charge in [0.05, 0.1) is 18.8 Å². The molecule has 5 nitrogen and oxygen atoms in total. The van der Waals surface area contributed by atoms with E-state index in [9.17, 15) is 4.79 Å². The molecule has 24 heavy (non-hydrogen) atoms. The summed E-state index contributed by atoms with van der Waals surface area (Å²) in [6, 6.07) is 8.29. The van der Waals surface area contributed by atoms with Crippen LogP contribution >= 0.6 is 24.8 Å². The highest BCUT2D eigenvalue weighted by Crippen LogP contribution is 2.29. The molecule has 2 fully saturated rings. The zero-order valence-electron chi connectivity index (χ0n) is 13.8. The van der Waals surface area contributed by atoms with Crippen molar-refractivity contribution in [1.29, 1.82) is 0 Å². The molecule has 1 heterocycles. The Morgan fingerprint density at radius 2 is 1.79 bits per heavy atom. The molecule has 1 aromatic rings. The van der Waals surface area contributed by atoms with Crippen molar-refractivity contribution >= 4 is 30.7 Å². The molecule has 7 heteroatoms. The quantitative estimate of drug-likeness (QED) is 0.823. The highest BCUT2D eigenvalue weighted by atomic mass is 35.5. The number of halogens is 2. The molecule has 1 aliphatic heterocycles. The maximum atomic E-state index is 12.2. The number of nitrogens with one attached hydrogen (secondary N) is 1. The topological polar surface area (TPSA) is 67.6 Å². The lowest BCUT2D eigenvalue weighted by Crippen LogP contribution is -2.58. The predicted octanol–water partition coefficient (Wildman–Crippen LogP) is 1.86. The minimum absolute atomic E-state index is 0. The predicted molar refractivity (Wildman–Crippen MR) is 99.7 cm³/mol. The van der Waals surface area contributed by atoms with Crippen LogP contribution in [0.15, 0.2) is 24.3 Å². The van der Waals surface area contributed by atoms with Gasteiger partial charge in [0.1, 0.15) is 0 Å². The number of amides is 1. The van der Waals surface area contributed by atoms with Crippen LogP contribution in [0.4, 0.5) is 0 Å². The number of nitrogens with two attached hydrogens (primary N) is 1. The van der Waals surface area contributed by atoms with Gasteiger partial charge in [0.25, 0.3) is 0 Å². The van der Waals surface area contributed by atoms with E-state index in [4.69, 9.17) is 10.5 Å². The van der Waals surface area contributed by atoms with E-state index in [0.717, 1.165) is 52.1 Å². The van der Waals surface area contributed by atoms with Crippen molar-refractivity contribution < 1.29 is 9.53 Å². The number of benzene rings is 1. The van der Waals surface area contributed by atoms with E-state index < -0.39 is 5.54 Å². The van der Waals surface area contributed by atoms with Crippen LogP contribution in [-0.4, -0.2) is 42.6 Å². The fourth-order valence-corrected chi connectivity index (χ4v) is 3.02. The first-order valence-electron chi connectivity index (χ1n) is 8.11. The molecular weight excluding hydrogens is 349 g/mol. The molecule has 0 unspecified atom stereocenters. The normalized spacial score (nSPS) is 19.4. The lowest BCUT2D eigenvalue weighted by molar-refractivity contribution is -0.129. The summed E-state index contributed by atoms with van der Waals surface area (Å²) < 4.78 is 5.39. The number of hydrogen-bond acceptors (Lipinski definition) is 4. The second-order valence-corrected chi connectivity index (χ2v) is 6.35. The van der Waals surface area contributed by atoms with E-state index in [0.29, 0.717) is 6.54 Å². The Kier molecular flexibility index (Phi) is 8.46. The van der Waals surface area contributed by atoms with Crippen molar-refractivity contribution in [2.24, 2.45) is 5.73 Å². The molecule has 0 spiro atoms. The lowest BCUT2D eigenvalue weighted by Gasteiger charge is -2.36. The van der Waals surface area contributed by atoms with Gasteiger partial charge in [-0.2, -0.15) is 0 Å². The second kappa shape index (κ2) is 9.59. The molecule has 1 saturated carbocycles. The number of carbonyl (C=O) groups is 1. The molecule has 3 rings (SSSR count). The van der Waals surface area contributed by atoms with Crippen LogP contribution < -0.4 is 11.1 Å². The van der Waals surface area contributed by atoms with E-state index in [1.807, 2.05) is 6.07 Å². The fourth-order valence-electron chi connectivity index (χ4n) is 3.02. The van der Waals surface area contributed by atoms with Crippen molar-refractivity contribution in [3.63, 3.8) is 0 Å². The summed E-state index contributed by atoms with van der Waals surface area (Å²) in [5.41, 5.74) is 7.88. The van der Waals surface area contributed by atoms with Crippen LogP contribution in [0.25, 0.3) is 0 Å². The average Bonchev–Trinajstić information content (AvgIpc) is 2.52. The molecule has 1 aromatic carbocycles. The molecule has 2 aliphatic rings. The molecule has 136 valence electrons. The van der Waals surface area contributed by atoms with Crippen LogP contribution in [0, 0.1) is 0 Å². The van der Waals surface area contributed by atoms with Gasteiger partial charge in [-0.1, -0.05) is 24.3 Å². The second-order valence-electron chi connectivity index (χ2n) is 6.35. The van der Waals surface area contributed by atoms with Gasteiger partial charge in [-0.25, -0.2) is 0 Å². The first kappa shape index (κ1) is 21.2. The van der Waals surface area contributed by atoms with Gasteiger partial charge in [-0.05, 0) is 30.4 Å². The van der Waals surface area contributed by atoms with Crippen molar-refractivity contribution in [2.75, 3.05) is 26.3 Å². The average molecular weight is 376 g/mol. The summed E-state index contributed by atoms with van der Waals surface area (Å²) in [5.74, 6) is -0.0140. The van der Waals surface area contributed by atoms with E-state index in [1.54, 1.807) is 0 Å². The third kappa shape index (κ3) is 5.07. The largest absolute Gasteiger partial charge is 0.379 e. The molecule has 1 aliphatic carbocycles. The van der Waals surface area contributed by atoms with E-state index >= 15 is 0 Å². The maximum Gasteiger partial charge on any atom is 0.240 e. The highest BCUT2D eigenvalue weighted by Gasteiger charge is 2.39. The molecular formula is C17H27Cl2N3O2. The summed E-state index contributed by atoms with van der Waals surface area (Å²) >= 11 is 0. The van der Waals surface area contributed by atoms with E-state index in [-0.39, 0.29) is 30.7 Å². The highest BCUT2D eigenvalue weighted by molar-refractivity contribution is 5.87. The van der Waals surface area contributed by atoms with Gasteiger partial charge in [-0.3, -0.25) is 9.69 Å². The molecule has 1 saturated heterocycles. The number of carbonyl (C=O) groups excluding carboxylic acids is 1. The van der Waals surface area contributed by atoms with Crippen molar-refractivity contribution in [3.8, 4) is 0 Å². The van der Waals surface area contributed by atoms with Crippen LogP contribution in [0.5, 0.6) is 0 Å². The standard InChI is InChI=1S/C17H25N3O2.2ClH/c18-17(6-3-7-17)16(21)19-12-14-4-1-2-5-15(14)13-20-8-10-22-11-9-20;;/h1-2,4-5H,3,6-13,18H2,(H,19,21);2*1H. The number of nitrogens with zero attached hydrogens (tertiary/aromatic N) is 1. The minimum Gasteiger partial charge on any atom is -0.379 e. The zero-order chi connectivity index (χ0) is 15.4. The first-order valence-corrected chi connectivity index (χ1v) is 8.11. The number of hydrogen-bond donors (Lipinski definition) is 2. The Morgan fingerprint density at radius 3 is 2.38 bits per heavy atom. The smallest absolute Gasteiger partial charge is 0.240 e. The first-order chi connectivity index (χ1) is 10.7. The maximum absolute atomic E-state index is 12.2. The molecule has 0 aromatic heterocycles. The van der Waals surface area contributed by atoms with Gasteiger partial charge in [0, 0.05) is 26.2 Å². The van der Waals surface area contributed by atoms with Crippen molar-refractivity contribution in [1.82, 2.24) is 10.2 Å². The van der Waals surface area contributed by atoms with E-state index in [2.05, 4.69) is 28.4 Å². The Hall–Kier alpha value is -0.850. The Bertz CT molecular complexity index is 532. The van der Waals surface area contributed by atoms with Crippen LogP contribution in [0.3, 0.4) is 0 Å². The Labute approximate surface area is 156 Å². The molecule has 3 N–H and O–H groups in total. The Morgan fingerprint density at radius 1 is 1.17 bits per heavy atom. The summed E-state index contributed by atoms with van der Waals surface area (Å²) in [5, 5.41) is 3.01. The van der Waals surface area contributed by atoms with Crippen molar-refractivity contribution in [3.05, 3.63) is 35.4 Å². The van der Waals surface area contributed by atoms with Gasteiger partial charge < -0.3 is 15.8 Å². The lowest BCUT2D eigenvalue weighted by atomic mass is 9.77. The van der Waals surface area contributed by atoms with Crippen LogP contribution in [-0.2, 0) is 22.6 Å². The van der Waals surface area contributed by atoms with E-state index in [1.165, 1.54) is 11.1 Å². The number of morpholine rings is 1. The van der Waals surface area contributed by atoms with Gasteiger partial charge in [0.15, 0.2) is 0 Å². The SMILES string of the molecule is Cl.Cl.NC1(C(=O)NCc2ccccc2CN2CCOCC2)CCC1.